The van der Waals surface area contributed by atoms with E-state index >= 15 is 0 Å². The lowest BCUT2D eigenvalue weighted by Gasteiger charge is -2.27. The number of hydrogen-bond donors (Lipinski definition) is 2. The van der Waals surface area contributed by atoms with Gasteiger partial charge in [0, 0.05) is 0 Å². The van der Waals surface area contributed by atoms with E-state index in [4.69, 9.17) is 5.14 Å². The number of sulfonamides is 1. The topological polar surface area (TPSA) is 75.4 Å². The summed E-state index contributed by atoms with van der Waals surface area (Å²) in [7, 11) is -3.87. The number of primary sulfonamides is 1. The summed E-state index contributed by atoms with van der Waals surface area (Å²) >= 11 is 0. The van der Waals surface area contributed by atoms with Gasteiger partial charge in [-0.15, -0.1) is 0 Å². The molecule has 0 radical (unpaired) electrons. The van der Waals surface area contributed by atoms with E-state index in [1.54, 1.807) is 12.1 Å². The first kappa shape index (κ1) is 18.7. The second-order valence-electron chi connectivity index (χ2n) is 6.29. The SMILES string of the molecule is Cc1ccc(C2CC(C(F)(F)F)NN2c2ccc(S(N)(=O)=O)cc2)cc1. The first-order chi connectivity index (χ1) is 12.1. The van der Waals surface area contributed by atoms with Gasteiger partial charge in [0.1, 0.15) is 6.04 Å². The second kappa shape index (κ2) is 6.57. The Bertz CT molecular complexity index is 881. The maximum Gasteiger partial charge on any atom is 0.405 e. The van der Waals surface area contributed by atoms with Crippen LogP contribution in [0.15, 0.2) is 53.4 Å². The van der Waals surface area contributed by atoms with Crippen LogP contribution in [0.2, 0.25) is 0 Å². The number of halogens is 3. The van der Waals surface area contributed by atoms with E-state index in [1.807, 2.05) is 19.1 Å². The summed E-state index contributed by atoms with van der Waals surface area (Å²) in [6.45, 7) is 1.90. The average Bonchev–Trinajstić information content (AvgIpc) is 3.00. The molecule has 9 heteroatoms. The number of hydrazine groups is 1. The van der Waals surface area contributed by atoms with Crippen LogP contribution in [0.4, 0.5) is 18.9 Å². The summed E-state index contributed by atoms with van der Waals surface area (Å²) in [6.07, 6.45) is -4.54. The van der Waals surface area contributed by atoms with Gasteiger partial charge in [0.15, 0.2) is 0 Å². The first-order valence-electron chi connectivity index (χ1n) is 7.87. The van der Waals surface area contributed by atoms with Crippen molar-refractivity contribution in [2.24, 2.45) is 5.14 Å². The molecule has 2 unspecified atom stereocenters. The normalized spacial score (nSPS) is 21.2. The number of aryl methyl sites for hydroxylation is 1. The zero-order valence-corrected chi connectivity index (χ0v) is 14.7. The van der Waals surface area contributed by atoms with E-state index in [-0.39, 0.29) is 11.3 Å². The largest absolute Gasteiger partial charge is 0.405 e. The fourth-order valence-electron chi connectivity index (χ4n) is 2.97. The number of benzene rings is 2. The summed E-state index contributed by atoms with van der Waals surface area (Å²) in [6, 6.07) is 10.5. The Balaban J connectivity index is 1.97. The molecule has 2 aromatic carbocycles. The van der Waals surface area contributed by atoms with Crippen LogP contribution in [-0.4, -0.2) is 20.6 Å². The Morgan fingerprint density at radius 1 is 1.08 bits per heavy atom. The monoisotopic (exact) mass is 385 g/mol. The van der Waals surface area contributed by atoms with Crippen molar-refractivity contribution in [2.45, 2.75) is 36.5 Å². The van der Waals surface area contributed by atoms with Gasteiger partial charge in [-0.3, -0.25) is 0 Å². The molecule has 26 heavy (non-hydrogen) atoms. The third kappa shape index (κ3) is 3.84. The molecule has 0 aliphatic carbocycles. The Kier molecular flexibility index (Phi) is 4.72. The van der Waals surface area contributed by atoms with Crippen molar-refractivity contribution in [3.8, 4) is 0 Å². The van der Waals surface area contributed by atoms with Crippen molar-refractivity contribution in [2.75, 3.05) is 5.01 Å². The first-order valence-corrected chi connectivity index (χ1v) is 9.42. The van der Waals surface area contributed by atoms with Crippen LogP contribution >= 0.6 is 0 Å². The highest BCUT2D eigenvalue weighted by Gasteiger charge is 2.48. The molecule has 1 saturated heterocycles. The average molecular weight is 385 g/mol. The highest BCUT2D eigenvalue weighted by molar-refractivity contribution is 7.89. The van der Waals surface area contributed by atoms with Crippen molar-refractivity contribution in [3.05, 3.63) is 59.7 Å². The molecular weight excluding hydrogens is 367 g/mol. The lowest BCUT2D eigenvalue weighted by molar-refractivity contribution is -0.152. The fourth-order valence-corrected chi connectivity index (χ4v) is 3.49. The van der Waals surface area contributed by atoms with E-state index in [2.05, 4.69) is 5.43 Å². The predicted molar refractivity (Wildman–Crippen MR) is 91.8 cm³/mol. The molecule has 0 amide bonds. The lowest BCUT2D eigenvalue weighted by Crippen LogP contribution is -2.43. The molecule has 1 aliphatic rings. The molecule has 1 fully saturated rings. The molecule has 3 rings (SSSR count). The number of anilines is 1. The van der Waals surface area contributed by atoms with Crippen LogP contribution in [0, 0.1) is 6.92 Å². The van der Waals surface area contributed by atoms with E-state index in [0.29, 0.717) is 5.69 Å². The molecule has 0 saturated carbocycles. The van der Waals surface area contributed by atoms with Crippen molar-refractivity contribution in [1.29, 1.82) is 0 Å². The minimum atomic E-state index is -4.39. The van der Waals surface area contributed by atoms with Crippen LogP contribution in [0.25, 0.3) is 0 Å². The van der Waals surface area contributed by atoms with Crippen LogP contribution in [0.3, 0.4) is 0 Å². The van der Waals surface area contributed by atoms with Crippen LogP contribution in [-0.2, 0) is 10.0 Å². The lowest BCUT2D eigenvalue weighted by atomic mass is 9.99. The Morgan fingerprint density at radius 3 is 2.15 bits per heavy atom. The van der Waals surface area contributed by atoms with Crippen LogP contribution in [0.1, 0.15) is 23.6 Å². The zero-order valence-electron chi connectivity index (χ0n) is 13.9. The van der Waals surface area contributed by atoms with E-state index < -0.39 is 28.3 Å². The van der Waals surface area contributed by atoms with Crippen LogP contribution < -0.4 is 15.6 Å². The van der Waals surface area contributed by atoms with Gasteiger partial charge in [-0.1, -0.05) is 29.8 Å². The van der Waals surface area contributed by atoms with Crippen molar-refractivity contribution < 1.29 is 21.6 Å². The quantitative estimate of drug-likeness (QED) is 0.852. The van der Waals surface area contributed by atoms with Gasteiger partial charge < -0.3 is 5.01 Å². The molecule has 1 aliphatic heterocycles. The molecule has 2 aromatic rings. The molecule has 0 bridgehead atoms. The number of nitrogens with one attached hydrogen (secondary N) is 1. The maximum absolute atomic E-state index is 13.2. The number of nitrogens with zero attached hydrogens (tertiary/aromatic N) is 1. The molecule has 5 nitrogen and oxygen atoms in total. The summed E-state index contributed by atoms with van der Waals surface area (Å²) in [5.74, 6) is 0. The smallest absolute Gasteiger partial charge is 0.300 e. The maximum atomic E-state index is 13.2. The second-order valence-corrected chi connectivity index (χ2v) is 7.86. The Morgan fingerprint density at radius 2 is 1.65 bits per heavy atom. The number of hydrogen-bond acceptors (Lipinski definition) is 4. The minimum Gasteiger partial charge on any atom is -0.300 e. The highest BCUT2D eigenvalue weighted by Crippen LogP contribution is 2.39. The van der Waals surface area contributed by atoms with Gasteiger partial charge >= 0.3 is 6.18 Å². The summed E-state index contributed by atoms with van der Waals surface area (Å²) < 4.78 is 62.4. The summed E-state index contributed by atoms with van der Waals surface area (Å²) in [5, 5.41) is 6.49. The highest BCUT2D eigenvalue weighted by atomic mass is 32.2. The minimum absolute atomic E-state index is 0.0975. The third-order valence-corrected chi connectivity index (χ3v) is 5.30. The van der Waals surface area contributed by atoms with Gasteiger partial charge in [0.2, 0.25) is 10.0 Å². The Hall–Kier alpha value is -2.10. The van der Waals surface area contributed by atoms with E-state index in [9.17, 15) is 21.6 Å². The number of rotatable bonds is 3. The van der Waals surface area contributed by atoms with Crippen molar-refractivity contribution in [3.63, 3.8) is 0 Å². The molecule has 0 aromatic heterocycles. The van der Waals surface area contributed by atoms with Crippen molar-refractivity contribution in [1.82, 2.24) is 5.43 Å². The van der Waals surface area contributed by atoms with Gasteiger partial charge in [-0.2, -0.15) is 13.2 Å². The molecule has 0 spiro atoms. The molecular formula is C17H18F3N3O2S. The number of nitrogens with two attached hydrogens (primary N) is 1. The van der Waals surface area contributed by atoms with Gasteiger partial charge in [0.25, 0.3) is 0 Å². The van der Waals surface area contributed by atoms with Gasteiger partial charge in [-0.05, 0) is 43.2 Å². The van der Waals surface area contributed by atoms with Crippen molar-refractivity contribution >= 4 is 15.7 Å². The molecule has 1 heterocycles. The zero-order chi connectivity index (χ0) is 19.1. The van der Waals surface area contributed by atoms with E-state index in [0.717, 1.165) is 11.1 Å². The molecule has 3 N–H and O–H groups in total. The number of alkyl halides is 3. The van der Waals surface area contributed by atoms with Gasteiger partial charge in [0.05, 0.1) is 16.6 Å². The molecule has 2 atom stereocenters. The third-order valence-electron chi connectivity index (χ3n) is 4.37. The van der Waals surface area contributed by atoms with Crippen LogP contribution in [0.5, 0.6) is 0 Å². The summed E-state index contributed by atoms with van der Waals surface area (Å²) in [5.41, 5.74) is 4.67. The van der Waals surface area contributed by atoms with E-state index in [1.165, 1.54) is 29.3 Å². The van der Waals surface area contributed by atoms with Gasteiger partial charge in [-0.25, -0.2) is 19.0 Å². The molecule has 140 valence electrons. The fraction of sp³-hybridized carbons (Fsp3) is 0.294. The predicted octanol–water partition coefficient (Wildman–Crippen LogP) is 3.03. The summed E-state index contributed by atoms with van der Waals surface area (Å²) in [4.78, 5) is -0.0975. The standard InChI is InChI=1S/C17H18F3N3O2S/c1-11-2-4-12(5-3-11)15-10-16(17(18,19)20)22-23(15)13-6-8-14(9-7-13)26(21,24)25/h2-9,15-16,22H,10H2,1H3,(H2,21,24,25). The Labute approximate surface area is 149 Å².